The fourth-order valence-electron chi connectivity index (χ4n) is 0.743. The molecule has 1 rings (SSSR count). The summed E-state index contributed by atoms with van der Waals surface area (Å²) in [5.74, 6) is 0. The maximum absolute atomic E-state index is 8.11. The van der Waals surface area contributed by atoms with Crippen LogP contribution in [0.5, 0.6) is 0 Å². The van der Waals surface area contributed by atoms with Crippen LogP contribution in [0.4, 0.5) is 5.69 Å². The average molecular weight is 168 g/mol. The number of halogens is 1. The van der Waals surface area contributed by atoms with E-state index in [1.807, 2.05) is 6.92 Å². The Labute approximate surface area is 69.2 Å². The molecule has 0 saturated heterocycles. The van der Waals surface area contributed by atoms with Gasteiger partial charge < -0.3 is 0 Å². The molecule has 56 valence electrons. The van der Waals surface area contributed by atoms with Crippen LogP contribution in [0.1, 0.15) is 5.56 Å². The van der Waals surface area contributed by atoms with Crippen molar-refractivity contribution in [2.45, 2.75) is 6.92 Å². The Balaban J connectivity index is 3.14. The first-order valence-electron chi connectivity index (χ1n) is 3.05. The predicted molar refractivity (Wildman–Crippen MR) is 45.0 cm³/mol. The van der Waals surface area contributed by atoms with Crippen molar-refractivity contribution in [3.05, 3.63) is 39.2 Å². The molecular formula is C7H6ClN3. The van der Waals surface area contributed by atoms with Crippen molar-refractivity contribution in [2.24, 2.45) is 5.11 Å². The zero-order valence-electron chi connectivity index (χ0n) is 5.95. The predicted octanol–water partition coefficient (Wildman–Crippen LogP) is 3.59. The molecule has 0 spiro atoms. The summed E-state index contributed by atoms with van der Waals surface area (Å²) in [7, 11) is 0. The molecule has 0 aliphatic rings. The van der Waals surface area contributed by atoms with Crippen LogP contribution in [0.3, 0.4) is 0 Å². The number of rotatable bonds is 1. The van der Waals surface area contributed by atoms with E-state index in [9.17, 15) is 0 Å². The Morgan fingerprint density at radius 2 is 2.27 bits per heavy atom. The summed E-state index contributed by atoms with van der Waals surface area (Å²) in [6.07, 6.45) is 0. The third kappa shape index (κ3) is 1.87. The van der Waals surface area contributed by atoms with Gasteiger partial charge in [0.1, 0.15) is 0 Å². The number of aryl methyl sites for hydroxylation is 1. The van der Waals surface area contributed by atoms with Gasteiger partial charge in [0.2, 0.25) is 0 Å². The highest BCUT2D eigenvalue weighted by Crippen LogP contribution is 2.21. The molecule has 0 saturated carbocycles. The summed E-state index contributed by atoms with van der Waals surface area (Å²) in [6.45, 7) is 1.86. The van der Waals surface area contributed by atoms with Crippen LogP contribution in [-0.2, 0) is 0 Å². The molecule has 1 aromatic carbocycles. The molecule has 0 radical (unpaired) electrons. The lowest BCUT2D eigenvalue weighted by atomic mass is 10.2. The molecule has 0 bridgehead atoms. The highest BCUT2D eigenvalue weighted by molar-refractivity contribution is 6.31. The highest BCUT2D eigenvalue weighted by Gasteiger charge is 1.93. The molecule has 4 heteroatoms. The monoisotopic (exact) mass is 167 g/mol. The standard InChI is InChI=1S/C7H6ClN3/c1-5-4-6(10-11-9)2-3-7(5)8/h2-4H,1H3. The second-order valence-electron chi connectivity index (χ2n) is 2.12. The van der Waals surface area contributed by atoms with Crippen LogP contribution >= 0.6 is 11.6 Å². The van der Waals surface area contributed by atoms with Gasteiger partial charge in [-0.25, -0.2) is 0 Å². The largest absolute Gasteiger partial charge is 0.0841 e. The van der Waals surface area contributed by atoms with Crippen molar-refractivity contribution >= 4 is 17.3 Å². The SMILES string of the molecule is Cc1cc(N=[N+]=[N-])ccc1Cl. The maximum atomic E-state index is 8.11. The summed E-state index contributed by atoms with van der Waals surface area (Å²) in [4.78, 5) is 2.66. The number of nitrogens with zero attached hydrogens (tertiary/aromatic N) is 3. The third-order valence-electron chi connectivity index (χ3n) is 1.30. The highest BCUT2D eigenvalue weighted by atomic mass is 35.5. The molecule has 11 heavy (non-hydrogen) atoms. The van der Waals surface area contributed by atoms with Crippen LogP contribution in [0.25, 0.3) is 10.4 Å². The number of hydrogen-bond donors (Lipinski definition) is 0. The first-order valence-corrected chi connectivity index (χ1v) is 3.43. The van der Waals surface area contributed by atoms with Crippen molar-refractivity contribution in [2.75, 3.05) is 0 Å². The fourth-order valence-corrected chi connectivity index (χ4v) is 0.860. The Morgan fingerprint density at radius 3 is 2.82 bits per heavy atom. The first-order chi connectivity index (χ1) is 5.24. The number of hydrogen-bond acceptors (Lipinski definition) is 1. The minimum Gasteiger partial charge on any atom is -0.0841 e. The zero-order chi connectivity index (χ0) is 8.27. The van der Waals surface area contributed by atoms with E-state index in [-0.39, 0.29) is 0 Å². The average Bonchev–Trinajstić information content (AvgIpc) is 1.98. The van der Waals surface area contributed by atoms with Gasteiger partial charge in [-0.15, -0.1) is 0 Å². The van der Waals surface area contributed by atoms with E-state index in [2.05, 4.69) is 10.0 Å². The van der Waals surface area contributed by atoms with Crippen molar-refractivity contribution in [3.8, 4) is 0 Å². The van der Waals surface area contributed by atoms with E-state index in [4.69, 9.17) is 17.1 Å². The van der Waals surface area contributed by atoms with Crippen LogP contribution < -0.4 is 0 Å². The Kier molecular flexibility index (Phi) is 2.36. The van der Waals surface area contributed by atoms with Crippen LogP contribution in [0, 0.1) is 6.92 Å². The number of azide groups is 1. The van der Waals surface area contributed by atoms with E-state index >= 15 is 0 Å². The molecule has 0 unspecified atom stereocenters. The lowest BCUT2D eigenvalue weighted by Crippen LogP contribution is -1.71. The van der Waals surface area contributed by atoms with Gasteiger partial charge in [-0.2, -0.15) is 0 Å². The molecule has 0 N–H and O–H groups in total. The second kappa shape index (κ2) is 3.28. The topological polar surface area (TPSA) is 48.8 Å². The summed E-state index contributed by atoms with van der Waals surface area (Å²) >= 11 is 5.75. The van der Waals surface area contributed by atoms with Crippen LogP contribution in [-0.4, -0.2) is 0 Å². The van der Waals surface area contributed by atoms with E-state index in [0.29, 0.717) is 10.7 Å². The van der Waals surface area contributed by atoms with Gasteiger partial charge in [0.05, 0.1) is 0 Å². The smallest absolute Gasteiger partial charge is 0.0435 e. The van der Waals surface area contributed by atoms with Crippen molar-refractivity contribution < 1.29 is 0 Å². The number of benzene rings is 1. The van der Waals surface area contributed by atoms with Gasteiger partial charge >= 0.3 is 0 Å². The van der Waals surface area contributed by atoms with Gasteiger partial charge in [0, 0.05) is 15.6 Å². The van der Waals surface area contributed by atoms with Gasteiger partial charge in [-0.1, -0.05) is 22.8 Å². The third-order valence-corrected chi connectivity index (χ3v) is 1.73. The molecule has 1 aromatic rings. The maximum Gasteiger partial charge on any atom is 0.0435 e. The van der Waals surface area contributed by atoms with Crippen molar-refractivity contribution in [1.29, 1.82) is 0 Å². The Bertz CT molecular complexity index is 315. The summed E-state index contributed by atoms with van der Waals surface area (Å²) in [5.41, 5.74) is 9.61. The zero-order valence-corrected chi connectivity index (χ0v) is 6.71. The van der Waals surface area contributed by atoms with Crippen molar-refractivity contribution in [1.82, 2.24) is 0 Å². The summed E-state index contributed by atoms with van der Waals surface area (Å²) in [6, 6.07) is 5.12. The Morgan fingerprint density at radius 1 is 1.55 bits per heavy atom. The Hall–Kier alpha value is -1.18. The first kappa shape index (κ1) is 7.92. The van der Waals surface area contributed by atoms with Gasteiger partial charge in [-0.3, -0.25) is 0 Å². The van der Waals surface area contributed by atoms with E-state index in [0.717, 1.165) is 5.56 Å². The quantitative estimate of drug-likeness (QED) is 0.349. The summed E-state index contributed by atoms with van der Waals surface area (Å²) < 4.78 is 0. The normalized spacial score (nSPS) is 8.91. The van der Waals surface area contributed by atoms with Gasteiger partial charge in [0.15, 0.2) is 0 Å². The van der Waals surface area contributed by atoms with Gasteiger partial charge in [-0.05, 0) is 30.2 Å². The van der Waals surface area contributed by atoms with E-state index < -0.39 is 0 Å². The van der Waals surface area contributed by atoms with Crippen LogP contribution in [0.15, 0.2) is 23.3 Å². The molecule has 0 amide bonds. The lowest BCUT2D eigenvalue weighted by Gasteiger charge is -1.96. The molecule has 0 atom stereocenters. The van der Waals surface area contributed by atoms with E-state index in [1.165, 1.54) is 0 Å². The minimum absolute atomic E-state index is 0.592. The summed E-state index contributed by atoms with van der Waals surface area (Å²) in [5, 5.41) is 4.11. The second-order valence-corrected chi connectivity index (χ2v) is 2.53. The molecule has 0 heterocycles. The van der Waals surface area contributed by atoms with E-state index in [1.54, 1.807) is 18.2 Å². The lowest BCUT2D eigenvalue weighted by molar-refractivity contribution is 1.41. The molecule has 0 fully saturated rings. The fraction of sp³-hybridized carbons (Fsp3) is 0.143. The molecule has 0 aromatic heterocycles. The molecular weight excluding hydrogens is 162 g/mol. The molecule has 0 aliphatic heterocycles. The van der Waals surface area contributed by atoms with Crippen LogP contribution in [0.2, 0.25) is 5.02 Å². The van der Waals surface area contributed by atoms with Gasteiger partial charge in [0.25, 0.3) is 0 Å². The molecule has 0 aliphatic carbocycles. The molecule has 3 nitrogen and oxygen atoms in total. The minimum atomic E-state index is 0.592. The van der Waals surface area contributed by atoms with Crippen molar-refractivity contribution in [3.63, 3.8) is 0 Å².